The molecule has 0 saturated carbocycles. The molecule has 2 heterocycles. The van der Waals surface area contributed by atoms with Gasteiger partial charge in [0.25, 0.3) is 11.7 Å². The molecule has 0 radical (unpaired) electrons. The minimum Gasteiger partial charge on any atom is -0.507 e. The predicted octanol–water partition coefficient (Wildman–Crippen LogP) is 3.43. The number of carbonyl (C=O) groups excluding carboxylic acids is 2. The largest absolute Gasteiger partial charge is 0.507 e. The summed E-state index contributed by atoms with van der Waals surface area (Å²) in [4.78, 5) is 29.4. The van der Waals surface area contributed by atoms with Gasteiger partial charge in [0, 0.05) is 29.2 Å². The van der Waals surface area contributed by atoms with Crippen LogP contribution in [0.4, 0.5) is 0 Å². The molecule has 1 atom stereocenters. The molecule has 0 bridgehead atoms. The number of ether oxygens (including phenoxy) is 1. The first-order valence-corrected chi connectivity index (χ1v) is 10.4. The number of fused-ring (bicyclic) bond motifs is 1. The molecule has 31 heavy (non-hydrogen) atoms. The standard InChI is InChI=1S/C24H23ClN2O4/c1-26(2)11-12-27-21(17-13-16-5-3-4-6-19(16)31-14-17)20(23(29)24(27)30)22(28)15-7-9-18(25)10-8-15/h3-10,13,21,28H,11-12,14H2,1-2H3/b22-20+. The van der Waals surface area contributed by atoms with E-state index in [0.29, 0.717) is 23.7 Å². The van der Waals surface area contributed by atoms with E-state index in [4.69, 9.17) is 16.3 Å². The van der Waals surface area contributed by atoms with E-state index >= 15 is 0 Å². The molecule has 2 aliphatic heterocycles. The van der Waals surface area contributed by atoms with E-state index in [9.17, 15) is 14.7 Å². The van der Waals surface area contributed by atoms with E-state index in [1.165, 1.54) is 4.90 Å². The van der Waals surface area contributed by atoms with Gasteiger partial charge in [0.05, 0.1) is 11.6 Å². The van der Waals surface area contributed by atoms with Crippen LogP contribution in [0.1, 0.15) is 11.1 Å². The molecule has 1 N–H and O–H groups in total. The number of hydrogen-bond acceptors (Lipinski definition) is 5. The highest BCUT2D eigenvalue weighted by molar-refractivity contribution is 6.47. The fraction of sp³-hybridized carbons (Fsp3) is 0.250. The van der Waals surface area contributed by atoms with Crippen molar-refractivity contribution in [3.05, 3.63) is 75.8 Å². The van der Waals surface area contributed by atoms with Gasteiger partial charge >= 0.3 is 0 Å². The molecule has 160 valence electrons. The van der Waals surface area contributed by atoms with Gasteiger partial charge in [-0.1, -0.05) is 29.8 Å². The number of likely N-dealkylation sites (N-methyl/N-ethyl adjacent to an activating group) is 1. The zero-order valence-electron chi connectivity index (χ0n) is 17.3. The third-order valence-corrected chi connectivity index (χ3v) is 5.70. The smallest absolute Gasteiger partial charge is 0.295 e. The van der Waals surface area contributed by atoms with Crippen LogP contribution in [-0.2, 0) is 9.59 Å². The lowest BCUT2D eigenvalue weighted by Gasteiger charge is -2.30. The molecular formula is C24H23ClN2O4. The molecule has 2 aliphatic rings. The number of aliphatic hydroxyl groups excluding tert-OH is 1. The number of para-hydroxylation sites is 1. The highest BCUT2D eigenvalue weighted by Crippen LogP contribution is 2.37. The molecule has 1 fully saturated rings. The van der Waals surface area contributed by atoms with Crippen molar-refractivity contribution in [3.8, 4) is 5.75 Å². The SMILES string of the molecule is CN(C)CCN1C(=O)C(=O)/C(=C(/O)c2ccc(Cl)cc2)C1C1=Cc2ccccc2OC1. The Morgan fingerprint density at radius 2 is 1.87 bits per heavy atom. The first kappa shape index (κ1) is 21.2. The average molecular weight is 439 g/mol. The molecule has 2 aromatic carbocycles. The van der Waals surface area contributed by atoms with Gasteiger partial charge < -0.3 is 19.6 Å². The van der Waals surface area contributed by atoms with Crippen molar-refractivity contribution in [2.45, 2.75) is 6.04 Å². The molecule has 4 rings (SSSR count). The van der Waals surface area contributed by atoms with Gasteiger partial charge in [-0.05, 0) is 56.1 Å². The number of Topliss-reactive ketones (excluding diaryl/α,β-unsaturated/α-hetero) is 1. The number of hydrogen-bond donors (Lipinski definition) is 1. The lowest BCUT2D eigenvalue weighted by Crippen LogP contribution is -2.41. The molecule has 6 nitrogen and oxygen atoms in total. The topological polar surface area (TPSA) is 70.1 Å². The summed E-state index contributed by atoms with van der Waals surface area (Å²) in [7, 11) is 3.80. The van der Waals surface area contributed by atoms with Gasteiger partial charge in [0.15, 0.2) is 0 Å². The minimum atomic E-state index is -0.705. The quantitative estimate of drug-likeness (QED) is 0.440. The van der Waals surface area contributed by atoms with Crippen LogP contribution >= 0.6 is 11.6 Å². The Morgan fingerprint density at radius 3 is 2.58 bits per heavy atom. The number of carbonyl (C=O) groups is 2. The number of amides is 1. The minimum absolute atomic E-state index is 0.0697. The lowest BCUT2D eigenvalue weighted by atomic mass is 9.93. The number of rotatable bonds is 5. The Labute approximate surface area is 186 Å². The molecule has 0 spiro atoms. The van der Waals surface area contributed by atoms with Crippen LogP contribution in [0.2, 0.25) is 5.02 Å². The van der Waals surface area contributed by atoms with E-state index in [2.05, 4.69) is 0 Å². The first-order chi connectivity index (χ1) is 14.9. The van der Waals surface area contributed by atoms with Gasteiger partial charge in [0.2, 0.25) is 0 Å². The van der Waals surface area contributed by atoms with Crippen LogP contribution in [0.25, 0.3) is 11.8 Å². The third kappa shape index (κ3) is 4.09. The van der Waals surface area contributed by atoms with Crippen molar-refractivity contribution in [2.24, 2.45) is 0 Å². The first-order valence-electron chi connectivity index (χ1n) is 9.98. The summed E-state index contributed by atoms with van der Waals surface area (Å²) in [6.07, 6.45) is 1.94. The Kier molecular flexibility index (Phi) is 5.85. The number of halogens is 1. The normalized spacial score (nSPS) is 19.9. The maximum Gasteiger partial charge on any atom is 0.295 e. The van der Waals surface area contributed by atoms with Crippen molar-refractivity contribution in [3.63, 3.8) is 0 Å². The van der Waals surface area contributed by atoms with Gasteiger partial charge in [-0.3, -0.25) is 9.59 Å². The highest BCUT2D eigenvalue weighted by atomic mass is 35.5. The predicted molar refractivity (Wildman–Crippen MR) is 120 cm³/mol. The van der Waals surface area contributed by atoms with Crippen molar-refractivity contribution in [1.82, 2.24) is 9.80 Å². The van der Waals surface area contributed by atoms with E-state index in [1.807, 2.05) is 49.3 Å². The van der Waals surface area contributed by atoms with Gasteiger partial charge in [-0.25, -0.2) is 0 Å². The number of aliphatic hydroxyl groups is 1. The summed E-state index contributed by atoms with van der Waals surface area (Å²) in [5.74, 6) is -0.792. The summed E-state index contributed by atoms with van der Waals surface area (Å²) in [6.45, 7) is 1.14. The zero-order chi connectivity index (χ0) is 22.1. The average Bonchev–Trinajstić information content (AvgIpc) is 3.02. The summed E-state index contributed by atoms with van der Waals surface area (Å²) < 4.78 is 5.89. The second kappa shape index (κ2) is 8.57. The maximum absolute atomic E-state index is 13.0. The number of nitrogens with zero attached hydrogens (tertiary/aromatic N) is 2. The Hall–Kier alpha value is -3.09. The number of ketones is 1. The van der Waals surface area contributed by atoms with E-state index in [0.717, 1.165) is 16.9 Å². The summed E-state index contributed by atoms with van der Waals surface area (Å²) >= 11 is 5.96. The highest BCUT2D eigenvalue weighted by Gasteiger charge is 2.47. The van der Waals surface area contributed by atoms with Crippen molar-refractivity contribution >= 4 is 35.1 Å². The van der Waals surface area contributed by atoms with Crippen molar-refractivity contribution in [2.75, 3.05) is 33.8 Å². The van der Waals surface area contributed by atoms with Crippen molar-refractivity contribution < 1.29 is 19.4 Å². The fourth-order valence-electron chi connectivity index (χ4n) is 3.86. The van der Waals surface area contributed by atoms with E-state index in [1.54, 1.807) is 24.3 Å². The molecule has 0 aromatic heterocycles. The molecule has 7 heteroatoms. The van der Waals surface area contributed by atoms with Crippen molar-refractivity contribution in [1.29, 1.82) is 0 Å². The zero-order valence-corrected chi connectivity index (χ0v) is 18.1. The molecule has 1 unspecified atom stereocenters. The summed E-state index contributed by atoms with van der Waals surface area (Å²) in [5, 5.41) is 11.6. The number of likely N-dealkylation sites (tertiary alicyclic amines) is 1. The Balaban J connectivity index is 1.83. The Morgan fingerprint density at radius 1 is 1.16 bits per heavy atom. The molecule has 0 aliphatic carbocycles. The van der Waals surface area contributed by atoms with E-state index in [-0.39, 0.29) is 17.9 Å². The van der Waals surface area contributed by atoms with Crippen LogP contribution in [0.5, 0.6) is 5.75 Å². The maximum atomic E-state index is 13.0. The second-order valence-electron chi connectivity index (χ2n) is 7.85. The van der Waals surface area contributed by atoms with Crippen LogP contribution in [0, 0.1) is 0 Å². The second-order valence-corrected chi connectivity index (χ2v) is 8.28. The fourth-order valence-corrected chi connectivity index (χ4v) is 3.98. The molecule has 1 saturated heterocycles. The molecule has 2 aromatic rings. The van der Waals surface area contributed by atoms with Crippen LogP contribution in [0.15, 0.2) is 59.7 Å². The summed E-state index contributed by atoms with van der Waals surface area (Å²) in [6, 6.07) is 13.4. The van der Waals surface area contributed by atoms with Gasteiger partial charge in [-0.2, -0.15) is 0 Å². The lowest BCUT2D eigenvalue weighted by molar-refractivity contribution is -0.139. The van der Waals surface area contributed by atoms with Crippen LogP contribution in [0.3, 0.4) is 0 Å². The van der Waals surface area contributed by atoms with Crippen LogP contribution < -0.4 is 4.74 Å². The molecule has 1 amide bonds. The number of benzene rings is 2. The third-order valence-electron chi connectivity index (χ3n) is 5.45. The van der Waals surface area contributed by atoms with E-state index < -0.39 is 17.7 Å². The summed E-state index contributed by atoms with van der Waals surface area (Å²) in [5.41, 5.74) is 2.11. The Bertz CT molecular complexity index is 1090. The van der Waals surface area contributed by atoms with Gasteiger partial charge in [-0.15, -0.1) is 0 Å². The monoisotopic (exact) mass is 438 g/mol. The van der Waals surface area contributed by atoms with Crippen LogP contribution in [-0.4, -0.2) is 66.4 Å². The van der Waals surface area contributed by atoms with Gasteiger partial charge in [0.1, 0.15) is 18.1 Å². The molecular weight excluding hydrogens is 416 g/mol.